The summed E-state index contributed by atoms with van der Waals surface area (Å²) in [5.41, 5.74) is 0. The van der Waals surface area contributed by atoms with Gasteiger partial charge in [0, 0.05) is 6.42 Å². The first-order valence-electron chi connectivity index (χ1n) is 11.7. The minimum Gasteiger partial charge on any atom is -0.482 e. The van der Waals surface area contributed by atoms with Gasteiger partial charge >= 0.3 is 0 Å². The molecule has 0 aliphatic carbocycles. The number of hydrogen-bond donors (Lipinski definition) is 0. The third kappa shape index (κ3) is 5.82. The standard InChI is InChI=1S/C29H36O2Si/c1-5-6-9-16-25-17-14-18-26(31-25)19-15-24-30-32(29(2,3)4,27-20-10-7-11-21-27)28-22-12-8-13-23-28/h5,7-8,10-13,17,20-23,26H,1,6,9,14,16,18,24H2,2-4H3. The molecule has 1 aliphatic heterocycles. The van der Waals surface area contributed by atoms with E-state index in [9.17, 15) is 0 Å². The highest BCUT2D eigenvalue weighted by Gasteiger charge is 2.49. The molecule has 1 heterocycles. The predicted octanol–water partition coefficient (Wildman–Crippen LogP) is 5.99. The minimum absolute atomic E-state index is 0.0403. The van der Waals surface area contributed by atoms with Crippen molar-refractivity contribution in [2.75, 3.05) is 6.61 Å². The van der Waals surface area contributed by atoms with Gasteiger partial charge in [-0.1, -0.05) is 99.4 Å². The lowest BCUT2D eigenvalue weighted by atomic mass is 10.1. The van der Waals surface area contributed by atoms with Crippen molar-refractivity contribution in [1.82, 2.24) is 0 Å². The zero-order valence-electron chi connectivity index (χ0n) is 19.8. The van der Waals surface area contributed by atoms with Gasteiger partial charge in [-0.05, 0) is 47.2 Å². The average molecular weight is 445 g/mol. The number of ether oxygens (including phenoxy) is 1. The van der Waals surface area contributed by atoms with E-state index in [2.05, 4.69) is 106 Å². The highest BCUT2D eigenvalue weighted by atomic mass is 28.4. The number of benzene rings is 2. The van der Waals surface area contributed by atoms with Gasteiger partial charge in [-0.2, -0.15) is 0 Å². The second kappa shape index (κ2) is 11.4. The molecule has 0 saturated carbocycles. The van der Waals surface area contributed by atoms with Crippen molar-refractivity contribution in [3.05, 3.63) is 85.2 Å². The summed E-state index contributed by atoms with van der Waals surface area (Å²) in [4.78, 5) is 0. The van der Waals surface area contributed by atoms with Crippen LogP contribution in [0.2, 0.25) is 5.04 Å². The average Bonchev–Trinajstić information content (AvgIpc) is 2.80. The van der Waals surface area contributed by atoms with Crippen LogP contribution in [-0.2, 0) is 9.16 Å². The SMILES string of the molecule is C=CCCCC1=CCCC(C#CCO[Si](c2ccccc2)(c2ccccc2)C(C)(C)C)O1. The van der Waals surface area contributed by atoms with Crippen LogP contribution in [0, 0.1) is 11.8 Å². The van der Waals surface area contributed by atoms with E-state index in [-0.39, 0.29) is 11.1 Å². The highest BCUT2D eigenvalue weighted by molar-refractivity contribution is 6.99. The Morgan fingerprint density at radius 1 is 1.06 bits per heavy atom. The second-order valence-electron chi connectivity index (χ2n) is 9.31. The van der Waals surface area contributed by atoms with E-state index in [4.69, 9.17) is 9.16 Å². The van der Waals surface area contributed by atoms with Crippen molar-refractivity contribution in [1.29, 1.82) is 0 Å². The van der Waals surface area contributed by atoms with Crippen LogP contribution in [0.15, 0.2) is 85.2 Å². The molecular weight excluding hydrogens is 408 g/mol. The Bertz CT molecular complexity index is 906. The van der Waals surface area contributed by atoms with Crippen LogP contribution >= 0.6 is 0 Å². The van der Waals surface area contributed by atoms with Crippen LogP contribution in [0.4, 0.5) is 0 Å². The van der Waals surface area contributed by atoms with E-state index in [1.165, 1.54) is 10.4 Å². The summed E-state index contributed by atoms with van der Waals surface area (Å²) in [6.45, 7) is 11.1. The molecule has 0 spiro atoms. The van der Waals surface area contributed by atoms with Gasteiger partial charge in [0.15, 0.2) is 6.10 Å². The molecule has 3 rings (SSSR count). The van der Waals surface area contributed by atoms with Crippen molar-refractivity contribution < 1.29 is 9.16 Å². The van der Waals surface area contributed by atoms with E-state index in [0.717, 1.165) is 37.9 Å². The zero-order chi connectivity index (χ0) is 22.9. The van der Waals surface area contributed by atoms with Crippen LogP contribution in [-0.4, -0.2) is 21.0 Å². The molecule has 1 aliphatic rings. The molecule has 0 amide bonds. The van der Waals surface area contributed by atoms with Gasteiger partial charge in [0.25, 0.3) is 8.32 Å². The molecule has 1 atom stereocenters. The van der Waals surface area contributed by atoms with Crippen molar-refractivity contribution in [2.24, 2.45) is 0 Å². The van der Waals surface area contributed by atoms with E-state index in [1.54, 1.807) is 0 Å². The molecule has 0 bridgehead atoms. The lowest BCUT2D eigenvalue weighted by Crippen LogP contribution is -2.66. The summed E-state index contributed by atoms with van der Waals surface area (Å²) in [5.74, 6) is 7.71. The third-order valence-corrected chi connectivity index (χ3v) is 10.9. The Hall–Kier alpha value is -2.54. The maximum Gasteiger partial charge on any atom is 0.262 e. The minimum atomic E-state index is -2.54. The smallest absolute Gasteiger partial charge is 0.262 e. The molecule has 0 N–H and O–H groups in total. The number of allylic oxidation sites excluding steroid dienone is 3. The molecule has 0 radical (unpaired) electrons. The maximum atomic E-state index is 6.85. The molecule has 2 aromatic carbocycles. The molecule has 0 fully saturated rings. The van der Waals surface area contributed by atoms with E-state index in [0.29, 0.717) is 6.61 Å². The van der Waals surface area contributed by atoms with Gasteiger partial charge < -0.3 is 9.16 Å². The third-order valence-electron chi connectivity index (χ3n) is 5.97. The Kier molecular flexibility index (Phi) is 8.56. The molecular formula is C29H36O2Si. The van der Waals surface area contributed by atoms with E-state index in [1.807, 2.05) is 6.08 Å². The normalized spacial score (nSPS) is 16.3. The lowest BCUT2D eigenvalue weighted by molar-refractivity contribution is 0.132. The second-order valence-corrected chi connectivity index (χ2v) is 13.6. The van der Waals surface area contributed by atoms with Gasteiger partial charge in [0.2, 0.25) is 0 Å². The Morgan fingerprint density at radius 3 is 2.25 bits per heavy atom. The fourth-order valence-electron chi connectivity index (χ4n) is 4.43. The van der Waals surface area contributed by atoms with E-state index < -0.39 is 8.32 Å². The van der Waals surface area contributed by atoms with Gasteiger partial charge in [0.1, 0.15) is 0 Å². The summed E-state index contributed by atoms with van der Waals surface area (Å²) >= 11 is 0. The maximum absolute atomic E-state index is 6.85. The van der Waals surface area contributed by atoms with Crippen LogP contribution in [0.3, 0.4) is 0 Å². The molecule has 2 nitrogen and oxygen atoms in total. The van der Waals surface area contributed by atoms with Crippen molar-refractivity contribution in [3.63, 3.8) is 0 Å². The zero-order valence-corrected chi connectivity index (χ0v) is 20.8. The predicted molar refractivity (Wildman–Crippen MR) is 138 cm³/mol. The van der Waals surface area contributed by atoms with Crippen LogP contribution < -0.4 is 10.4 Å². The summed E-state index contributed by atoms with van der Waals surface area (Å²) < 4.78 is 13.0. The van der Waals surface area contributed by atoms with Crippen molar-refractivity contribution in [3.8, 4) is 11.8 Å². The summed E-state index contributed by atoms with van der Waals surface area (Å²) in [7, 11) is -2.54. The highest BCUT2D eigenvalue weighted by Crippen LogP contribution is 2.36. The van der Waals surface area contributed by atoms with Crippen molar-refractivity contribution >= 4 is 18.7 Å². The van der Waals surface area contributed by atoms with Crippen LogP contribution in [0.5, 0.6) is 0 Å². The number of rotatable bonds is 8. The summed E-state index contributed by atoms with van der Waals surface area (Å²) in [6.07, 6.45) is 9.15. The number of unbranched alkanes of at least 4 members (excludes halogenated alkanes) is 1. The van der Waals surface area contributed by atoms with Gasteiger partial charge in [-0.25, -0.2) is 0 Å². The monoisotopic (exact) mass is 444 g/mol. The Labute approximate surface area is 195 Å². The molecule has 32 heavy (non-hydrogen) atoms. The largest absolute Gasteiger partial charge is 0.482 e. The van der Waals surface area contributed by atoms with Crippen molar-refractivity contribution in [2.45, 2.75) is 64.0 Å². The Morgan fingerprint density at radius 2 is 1.69 bits per heavy atom. The quantitative estimate of drug-likeness (QED) is 0.216. The molecule has 1 unspecified atom stereocenters. The molecule has 0 saturated heterocycles. The lowest BCUT2D eigenvalue weighted by Gasteiger charge is -2.42. The van der Waals surface area contributed by atoms with Gasteiger partial charge in [-0.15, -0.1) is 6.58 Å². The van der Waals surface area contributed by atoms with Gasteiger partial charge in [0.05, 0.1) is 12.4 Å². The Balaban J connectivity index is 1.78. The summed E-state index contributed by atoms with van der Waals surface area (Å²) in [5, 5.41) is 2.52. The fraction of sp³-hybridized carbons (Fsp3) is 0.379. The summed E-state index contributed by atoms with van der Waals surface area (Å²) in [6, 6.07) is 21.4. The first kappa shape index (κ1) is 24.1. The first-order chi connectivity index (χ1) is 15.5. The number of hydrogen-bond acceptors (Lipinski definition) is 2. The molecule has 3 heteroatoms. The van der Waals surface area contributed by atoms with Crippen LogP contribution in [0.25, 0.3) is 0 Å². The van der Waals surface area contributed by atoms with E-state index >= 15 is 0 Å². The molecule has 168 valence electrons. The first-order valence-corrected chi connectivity index (χ1v) is 13.6. The molecule has 2 aromatic rings. The van der Waals surface area contributed by atoms with Crippen LogP contribution in [0.1, 0.15) is 52.9 Å². The van der Waals surface area contributed by atoms with Gasteiger partial charge in [-0.3, -0.25) is 0 Å². The molecule has 0 aromatic heterocycles. The topological polar surface area (TPSA) is 18.5 Å². The fourth-order valence-corrected chi connectivity index (χ4v) is 8.87.